The molecular formula is C17H27N3. The van der Waals surface area contributed by atoms with Crippen LogP contribution in [0.1, 0.15) is 25.0 Å². The topological polar surface area (TPSA) is 32.5 Å². The van der Waals surface area contributed by atoms with Crippen molar-refractivity contribution in [2.75, 3.05) is 33.7 Å². The normalized spacial score (nSPS) is 12.3. The minimum Gasteiger partial charge on any atom is -0.320 e. The molecule has 1 unspecified atom stereocenters. The molecule has 3 nitrogen and oxygen atoms in total. The van der Waals surface area contributed by atoms with Gasteiger partial charge < -0.3 is 10.6 Å². The van der Waals surface area contributed by atoms with E-state index in [1.54, 1.807) is 0 Å². The van der Waals surface area contributed by atoms with Crippen LogP contribution in [0.25, 0.3) is 0 Å². The largest absolute Gasteiger partial charge is 0.320 e. The lowest BCUT2D eigenvalue weighted by atomic mass is 10.1. The van der Waals surface area contributed by atoms with Crippen molar-refractivity contribution in [2.24, 2.45) is 5.73 Å². The Labute approximate surface area is 123 Å². The Morgan fingerprint density at radius 1 is 1.20 bits per heavy atom. The molecule has 3 heteroatoms. The van der Waals surface area contributed by atoms with Gasteiger partial charge in [-0.15, -0.1) is 0 Å². The molecule has 0 aromatic heterocycles. The molecule has 0 aliphatic carbocycles. The number of rotatable bonds is 6. The molecule has 1 rings (SSSR count). The second kappa shape index (κ2) is 8.76. The highest BCUT2D eigenvalue weighted by Crippen LogP contribution is 2.10. The average Bonchev–Trinajstić information content (AvgIpc) is 2.42. The summed E-state index contributed by atoms with van der Waals surface area (Å²) in [6.07, 6.45) is 0. The van der Waals surface area contributed by atoms with Gasteiger partial charge in [0.1, 0.15) is 0 Å². The standard InChI is InChI=1S/C17H27N3/c1-5-20(15(2)13-19(3)4)14-17-10-8-16(9-11-17)7-6-12-18/h8-11,15H,5,12-14,18H2,1-4H3. The Bertz CT molecular complexity index is 440. The van der Waals surface area contributed by atoms with Crippen molar-refractivity contribution < 1.29 is 0 Å². The van der Waals surface area contributed by atoms with Crippen molar-refractivity contribution in [1.82, 2.24) is 9.80 Å². The molecule has 0 aliphatic rings. The smallest absolute Gasteiger partial charge is 0.0555 e. The lowest BCUT2D eigenvalue weighted by Gasteiger charge is -2.30. The summed E-state index contributed by atoms with van der Waals surface area (Å²) in [6.45, 7) is 8.03. The molecule has 110 valence electrons. The van der Waals surface area contributed by atoms with Crippen molar-refractivity contribution in [3.05, 3.63) is 35.4 Å². The summed E-state index contributed by atoms with van der Waals surface area (Å²) in [5.74, 6) is 5.93. The third-order valence-corrected chi connectivity index (χ3v) is 3.33. The summed E-state index contributed by atoms with van der Waals surface area (Å²) in [4.78, 5) is 4.72. The van der Waals surface area contributed by atoms with E-state index < -0.39 is 0 Å². The lowest BCUT2D eigenvalue weighted by molar-refractivity contribution is 0.174. The van der Waals surface area contributed by atoms with Crippen LogP contribution in [0, 0.1) is 11.8 Å². The number of hydrogen-bond acceptors (Lipinski definition) is 3. The lowest BCUT2D eigenvalue weighted by Crippen LogP contribution is -2.39. The van der Waals surface area contributed by atoms with Gasteiger partial charge in [0, 0.05) is 24.7 Å². The van der Waals surface area contributed by atoms with E-state index in [-0.39, 0.29) is 0 Å². The third-order valence-electron chi connectivity index (χ3n) is 3.33. The van der Waals surface area contributed by atoms with E-state index in [1.807, 2.05) is 0 Å². The molecule has 0 amide bonds. The maximum Gasteiger partial charge on any atom is 0.0555 e. The van der Waals surface area contributed by atoms with Crippen LogP contribution in [0.5, 0.6) is 0 Å². The van der Waals surface area contributed by atoms with E-state index in [9.17, 15) is 0 Å². The molecule has 0 saturated carbocycles. The van der Waals surface area contributed by atoms with Crippen LogP contribution in [0.4, 0.5) is 0 Å². The molecule has 2 N–H and O–H groups in total. The molecule has 0 fully saturated rings. The first-order valence-corrected chi connectivity index (χ1v) is 7.23. The Hall–Kier alpha value is -1.34. The van der Waals surface area contributed by atoms with Crippen molar-refractivity contribution in [3.8, 4) is 11.8 Å². The molecule has 0 heterocycles. The Balaban J connectivity index is 2.65. The van der Waals surface area contributed by atoms with E-state index in [2.05, 4.69) is 73.8 Å². The molecule has 0 radical (unpaired) electrons. The molecular weight excluding hydrogens is 246 g/mol. The van der Waals surface area contributed by atoms with E-state index in [1.165, 1.54) is 5.56 Å². The minimum atomic E-state index is 0.410. The number of nitrogens with two attached hydrogens (primary N) is 1. The van der Waals surface area contributed by atoms with Gasteiger partial charge in [0.05, 0.1) is 6.54 Å². The van der Waals surface area contributed by atoms with Crippen molar-refractivity contribution in [1.29, 1.82) is 0 Å². The highest BCUT2D eigenvalue weighted by atomic mass is 15.2. The molecule has 20 heavy (non-hydrogen) atoms. The van der Waals surface area contributed by atoms with E-state index in [0.29, 0.717) is 12.6 Å². The number of likely N-dealkylation sites (N-methyl/N-ethyl adjacent to an activating group) is 2. The zero-order valence-electron chi connectivity index (χ0n) is 13.2. The van der Waals surface area contributed by atoms with E-state index in [0.717, 1.165) is 25.2 Å². The fourth-order valence-corrected chi connectivity index (χ4v) is 2.30. The first-order chi connectivity index (χ1) is 9.56. The van der Waals surface area contributed by atoms with Gasteiger partial charge in [-0.05, 0) is 45.3 Å². The zero-order chi connectivity index (χ0) is 15.0. The molecule has 0 bridgehead atoms. The molecule has 1 atom stereocenters. The van der Waals surface area contributed by atoms with Gasteiger partial charge >= 0.3 is 0 Å². The van der Waals surface area contributed by atoms with Crippen LogP contribution in [0.15, 0.2) is 24.3 Å². The Kier molecular flexibility index (Phi) is 7.32. The monoisotopic (exact) mass is 273 g/mol. The van der Waals surface area contributed by atoms with Crippen LogP contribution in [0.3, 0.4) is 0 Å². The quantitative estimate of drug-likeness (QED) is 0.802. The second-order valence-corrected chi connectivity index (χ2v) is 5.38. The maximum absolute atomic E-state index is 5.38. The van der Waals surface area contributed by atoms with Crippen LogP contribution < -0.4 is 5.73 Å². The highest BCUT2D eigenvalue weighted by Gasteiger charge is 2.13. The average molecular weight is 273 g/mol. The summed E-state index contributed by atoms with van der Waals surface area (Å²) < 4.78 is 0. The summed E-state index contributed by atoms with van der Waals surface area (Å²) in [5, 5.41) is 0. The fourth-order valence-electron chi connectivity index (χ4n) is 2.30. The van der Waals surface area contributed by atoms with Crippen molar-refractivity contribution in [3.63, 3.8) is 0 Å². The van der Waals surface area contributed by atoms with Gasteiger partial charge in [0.15, 0.2) is 0 Å². The Morgan fingerprint density at radius 2 is 1.85 bits per heavy atom. The highest BCUT2D eigenvalue weighted by molar-refractivity contribution is 5.36. The van der Waals surface area contributed by atoms with E-state index in [4.69, 9.17) is 5.73 Å². The zero-order valence-corrected chi connectivity index (χ0v) is 13.2. The third kappa shape index (κ3) is 5.75. The summed E-state index contributed by atoms with van der Waals surface area (Å²) in [7, 11) is 4.24. The van der Waals surface area contributed by atoms with Crippen LogP contribution in [0.2, 0.25) is 0 Å². The van der Waals surface area contributed by atoms with Gasteiger partial charge in [0.2, 0.25) is 0 Å². The van der Waals surface area contributed by atoms with E-state index >= 15 is 0 Å². The summed E-state index contributed by atoms with van der Waals surface area (Å²) >= 11 is 0. The number of hydrogen-bond donors (Lipinski definition) is 1. The first kappa shape index (κ1) is 16.7. The predicted molar refractivity (Wildman–Crippen MR) is 86.5 cm³/mol. The van der Waals surface area contributed by atoms with Crippen LogP contribution in [-0.2, 0) is 6.54 Å². The predicted octanol–water partition coefficient (Wildman–Crippen LogP) is 1.77. The fraction of sp³-hybridized carbons (Fsp3) is 0.529. The molecule has 1 aromatic rings. The summed E-state index contributed by atoms with van der Waals surface area (Å²) in [6, 6.07) is 9.01. The van der Waals surface area contributed by atoms with Crippen LogP contribution in [-0.4, -0.2) is 49.6 Å². The molecule has 0 saturated heterocycles. The Morgan fingerprint density at radius 3 is 2.35 bits per heavy atom. The van der Waals surface area contributed by atoms with Crippen molar-refractivity contribution in [2.45, 2.75) is 26.4 Å². The number of benzene rings is 1. The SMILES string of the molecule is CCN(Cc1ccc(C#CCN)cc1)C(C)CN(C)C. The van der Waals surface area contributed by atoms with Crippen molar-refractivity contribution >= 4 is 0 Å². The van der Waals surface area contributed by atoms with Gasteiger partial charge in [-0.2, -0.15) is 0 Å². The van der Waals surface area contributed by atoms with Gasteiger partial charge in [-0.25, -0.2) is 0 Å². The van der Waals surface area contributed by atoms with Gasteiger partial charge in [-0.1, -0.05) is 30.9 Å². The molecule has 1 aromatic carbocycles. The molecule has 0 aliphatic heterocycles. The molecule has 0 spiro atoms. The number of nitrogens with zero attached hydrogens (tertiary/aromatic N) is 2. The minimum absolute atomic E-state index is 0.410. The van der Waals surface area contributed by atoms with Gasteiger partial charge in [0.25, 0.3) is 0 Å². The first-order valence-electron chi connectivity index (χ1n) is 7.23. The second-order valence-electron chi connectivity index (χ2n) is 5.38. The van der Waals surface area contributed by atoms with Gasteiger partial charge in [-0.3, -0.25) is 4.90 Å². The van der Waals surface area contributed by atoms with Crippen LogP contribution >= 0.6 is 0 Å². The summed E-state index contributed by atoms with van der Waals surface area (Å²) in [5.41, 5.74) is 7.74. The maximum atomic E-state index is 5.38.